The Hall–Kier alpha value is -0.570. The maximum absolute atomic E-state index is 11.9. The third kappa shape index (κ3) is 1.65. The van der Waals surface area contributed by atoms with Crippen molar-refractivity contribution in [2.45, 2.75) is 32.7 Å². The molecule has 0 bridgehead atoms. The van der Waals surface area contributed by atoms with E-state index in [0.29, 0.717) is 17.7 Å². The second-order valence-corrected chi connectivity index (χ2v) is 5.56. The van der Waals surface area contributed by atoms with Gasteiger partial charge in [-0.1, -0.05) is 0 Å². The Labute approximate surface area is 85.8 Å². The zero-order valence-corrected chi connectivity index (χ0v) is 9.34. The highest BCUT2D eigenvalue weighted by Gasteiger charge is 2.40. The van der Waals surface area contributed by atoms with Crippen LogP contribution in [0, 0.1) is 11.8 Å². The maximum atomic E-state index is 11.9. The number of carbonyl (C=O) groups is 1. The van der Waals surface area contributed by atoms with Gasteiger partial charge in [-0.25, -0.2) is 0 Å². The number of nitrogens with one attached hydrogen (secondary N) is 1. The molecule has 0 radical (unpaired) electrons. The molecule has 80 valence electrons. The first-order valence-electron chi connectivity index (χ1n) is 5.49. The van der Waals surface area contributed by atoms with E-state index >= 15 is 0 Å². The van der Waals surface area contributed by atoms with Gasteiger partial charge >= 0.3 is 0 Å². The summed E-state index contributed by atoms with van der Waals surface area (Å²) in [5.74, 6) is 1.62. The smallest absolute Gasteiger partial charge is 0.223 e. The molecule has 3 heteroatoms. The molecule has 0 spiro atoms. The van der Waals surface area contributed by atoms with Crippen LogP contribution in [-0.4, -0.2) is 36.0 Å². The van der Waals surface area contributed by atoms with Gasteiger partial charge in [-0.15, -0.1) is 0 Å². The topological polar surface area (TPSA) is 32.3 Å². The molecule has 0 aromatic carbocycles. The van der Waals surface area contributed by atoms with Crippen LogP contribution in [0.15, 0.2) is 0 Å². The molecule has 1 amide bonds. The third-order valence-electron chi connectivity index (χ3n) is 3.44. The zero-order chi connectivity index (χ0) is 10.3. The summed E-state index contributed by atoms with van der Waals surface area (Å²) in [6.07, 6.45) is 0.745. The van der Waals surface area contributed by atoms with E-state index in [-0.39, 0.29) is 5.54 Å². The quantitative estimate of drug-likeness (QED) is 0.623. The SMILES string of the molecule is CC(C)(C)N1CC2CNCC2CC1=O. The van der Waals surface area contributed by atoms with Crippen LogP contribution in [0.25, 0.3) is 0 Å². The van der Waals surface area contributed by atoms with Crippen molar-refractivity contribution in [1.29, 1.82) is 0 Å². The van der Waals surface area contributed by atoms with Crippen LogP contribution in [-0.2, 0) is 4.79 Å². The molecular weight excluding hydrogens is 176 g/mol. The minimum absolute atomic E-state index is 0.00928. The number of amides is 1. The van der Waals surface area contributed by atoms with Gasteiger partial charge < -0.3 is 10.2 Å². The van der Waals surface area contributed by atoms with E-state index in [0.717, 1.165) is 26.1 Å². The first-order valence-corrected chi connectivity index (χ1v) is 5.49. The molecule has 2 fully saturated rings. The zero-order valence-electron chi connectivity index (χ0n) is 9.34. The van der Waals surface area contributed by atoms with Gasteiger partial charge in [0.15, 0.2) is 0 Å². The molecule has 2 rings (SSSR count). The van der Waals surface area contributed by atoms with Crippen LogP contribution in [0.5, 0.6) is 0 Å². The van der Waals surface area contributed by atoms with Crippen molar-refractivity contribution in [1.82, 2.24) is 10.2 Å². The van der Waals surface area contributed by atoms with E-state index in [1.165, 1.54) is 0 Å². The fourth-order valence-corrected chi connectivity index (χ4v) is 2.56. The maximum Gasteiger partial charge on any atom is 0.223 e. The number of hydrogen-bond donors (Lipinski definition) is 1. The standard InChI is InChI=1S/C11H20N2O/c1-11(2,3)13-7-9-6-12-5-8(9)4-10(13)14/h8-9,12H,4-7H2,1-3H3. The highest BCUT2D eigenvalue weighted by Crippen LogP contribution is 2.31. The molecule has 2 aliphatic rings. The Bertz CT molecular complexity index is 244. The average Bonchev–Trinajstić information content (AvgIpc) is 2.47. The van der Waals surface area contributed by atoms with Gasteiger partial charge in [0, 0.05) is 18.5 Å². The second-order valence-electron chi connectivity index (χ2n) is 5.56. The normalized spacial score (nSPS) is 33.4. The largest absolute Gasteiger partial charge is 0.338 e. The Kier molecular flexibility index (Phi) is 2.30. The lowest BCUT2D eigenvalue weighted by molar-refractivity contribution is -0.141. The minimum atomic E-state index is -0.00928. The number of carbonyl (C=O) groups excluding carboxylic acids is 1. The molecule has 0 aromatic rings. The summed E-state index contributed by atoms with van der Waals surface area (Å²) < 4.78 is 0. The Morgan fingerprint density at radius 2 is 1.93 bits per heavy atom. The fraction of sp³-hybridized carbons (Fsp3) is 0.909. The van der Waals surface area contributed by atoms with Crippen molar-refractivity contribution < 1.29 is 4.79 Å². The van der Waals surface area contributed by atoms with Crippen molar-refractivity contribution >= 4 is 5.91 Å². The highest BCUT2D eigenvalue weighted by molar-refractivity contribution is 5.78. The first-order chi connectivity index (χ1) is 6.48. The van der Waals surface area contributed by atoms with Crippen LogP contribution in [0.1, 0.15) is 27.2 Å². The highest BCUT2D eigenvalue weighted by atomic mass is 16.2. The molecule has 1 N–H and O–H groups in total. The molecule has 2 atom stereocenters. The molecule has 0 aromatic heterocycles. The molecule has 2 saturated heterocycles. The van der Waals surface area contributed by atoms with Gasteiger partial charge in [-0.2, -0.15) is 0 Å². The summed E-state index contributed by atoms with van der Waals surface area (Å²) >= 11 is 0. The van der Waals surface area contributed by atoms with E-state index in [9.17, 15) is 4.79 Å². The average molecular weight is 196 g/mol. The molecule has 0 aliphatic carbocycles. The van der Waals surface area contributed by atoms with Crippen molar-refractivity contribution in [2.75, 3.05) is 19.6 Å². The van der Waals surface area contributed by atoms with Crippen LogP contribution < -0.4 is 5.32 Å². The predicted molar refractivity (Wildman–Crippen MR) is 55.9 cm³/mol. The van der Waals surface area contributed by atoms with Gasteiger partial charge in [0.2, 0.25) is 5.91 Å². The van der Waals surface area contributed by atoms with E-state index < -0.39 is 0 Å². The number of piperidine rings is 1. The van der Waals surface area contributed by atoms with Gasteiger partial charge in [-0.05, 0) is 45.7 Å². The minimum Gasteiger partial charge on any atom is -0.338 e. The molecule has 14 heavy (non-hydrogen) atoms. The number of likely N-dealkylation sites (tertiary alicyclic amines) is 1. The van der Waals surface area contributed by atoms with Gasteiger partial charge in [0.1, 0.15) is 0 Å². The monoisotopic (exact) mass is 196 g/mol. The lowest BCUT2D eigenvalue weighted by Crippen LogP contribution is -2.52. The predicted octanol–water partition coefficient (Wildman–Crippen LogP) is 0.853. The molecular formula is C11H20N2O. The van der Waals surface area contributed by atoms with Crippen molar-refractivity contribution in [2.24, 2.45) is 11.8 Å². The Morgan fingerprint density at radius 3 is 2.57 bits per heavy atom. The number of nitrogens with zero attached hydrogens (tertiary/aromatic N) is 1. The Balaban J connectivity index is 2.10. The van der Waals surface area contributed by atoms with Crippen LogP contribution in [0.3, 0.4) is 0 Å². The van der Waals surface area contributed by atoms with E-state index in [1.807, 2.05) is 4.90 Å². The van der Waals surface area contributed by atoms with Crippen molar-refractivity contribution in [3.05, 3.63) is 0 Å². The van der Waals surface area contributed by atoms with Gasteiger partial charge in [-0.3, -0.25) is 4.79 Å². The lowest BCUT2D eigenvalue weighted by Gasteiger charge is -2.42. The number of hydrogen-bond acceptors (Lipinski definition) is 2. The van der Waals surface area contributed by atoms with Crippen molar-refractivity contribution in [3.63, 3.8) is 0 Å². The third-order valence-corrected chi connectivity index (χ3v) is 3.44. The summed E-state index contributed by atoms with van der Waals surface area (Å²) in [5, 5.41) is 3.38. The van der Waals surface area contributed by atoms with Gasteiger partial charge in [0.05, 0.1) is 0 Å². The number of rotatable bonds is 0. The van der Waals surface area contributed by atoms with Crippen LogP contribution in [0.2, 0.25) is 0 Å². The lowest BCUT2D eigenvalue weighted by atomic mass is 9.86. The number of fused-ring (bicyclic) bond motifs is 1. The summed E-state index contributed by atoms with van der Waals surface area (Å²) in [6.45, 7) is 9.42. The molecule has 2 heterocycles. The van der Waals surface area contributed by atoms with Crippen LogP contribution >= 0.6 is 0 Å². The first kappa shape index (κ1) is 9.97. The fourth-order valence-electron chi connectivity index (χ4n) is 2.56. The molecule has 3 nitrogen and oxygen atoms in total. The van der Waals surface area contributed by atoms with Gasteiger partial charge in [0.25, 0.3) is 0 Å². The van der Waals surface area contributed by atoms with Crippen LogP contribution in [0.4, 0.5) is 0 Å². The summed E-state index contributed by atoms with van der Waals surface area (Å²) in [5.41, 5.74) is -0.00928. The van der Waals surface area contributed by atoms with E-state index in [2.05, 4.69) is 26.1 Å². The summed E-state index contributed by atoms with van der Waals surface area (Å²) in [6, 6.07) is 0. The molecule has 2 aliphatic heterocycles. The second kappa shape index (κ2) is 3.23. The summed E-state index contributed by atoms with van der Waals surface area (Å²) in [7, 11) is 0. The summed E-state index contributed by atoms with van der Waals surface area (Å²) in [4.78, 5) is 13.9. The Morgan fingerprint density at radius 1 is 1.29 bits per heavy atom. The van der Waals surface area contributed by atoms with Crippen molar-refractivity contribution in [3.8, 4) is 0 Å². The van der Waals surface area contributed by atoms with E-state index in [1.54, 1.807) is 0 Å². The molecule has 2 unspecified atom stereocenters. The molecule has 0 saturated carbocycles. The van der Waals surface area contributed by atoms with E-state index in [4.69, 9.17) is 0 Å².